The van der Waals surface area contributed by atoms with Crippen molar-refractivity contribution in [1.29, 1.82) is 0 Å². The van der Waals surface area contributed by atoms with Crippen LogP contribution in [0.4, 0.5) is 0 Å². The van der Waals surface area contributed by atoms with E-state index in [9.17, 15) is 4.79 Å². The van der Waals surface area contributed by atoms with Gasteiger partial charge in [0.05, 0.1) is 0 Å². The number of carbonyl (C=O) groups is 1. The van der Waals surface area contributed by atoms with E-state index in [0.717, 1.165) is 25.9 Å². The van der Waals surface area contributed by atoms with Gasteiger partial charge in [-0.1, -0.05) is 11.9 Å². The molecule has 0 radical (unpaired) electrons. The first-order chi connectivity index (χ1) is 5.24. The Bertz CT molecular complexity index is 143. The van der Waals surface area contributed by atoms with Crippen LogP contribution in [0.3, 0.4) is 0 Å². The molecule has 1 fully saturated rings. The predicted molar refractivity (Wildman–Crippen MR) is 47.0 cm³/mol. The first-order valence-electron chi connectivity index (χ1n) is 3.82. The number of nitrogens with two attached hydrogens (primary N) is 1. The van der Waals surface area contributed by atoms with E-state index in [1.807, 2.05) is 0 Å². The summed E-state index contributed by atoms with van der Waals surface area (Å²) in [4.78, 5) is 10.7. The maximum Gasteiger partial charge on any atom is 0.220 e. The molecule has 1 amide bonds. The number of hydrogen-bond acceptors (Lipinski definition) is 3. The van der Waals surface area contributed by atoms with E-state index >= 15 is 0 Å². The summed E-state index contributed by atoms with van der Waals surface area (Å²) in [6.45, 7) is 1.99. The van der Waals surface area contributed by atoms with Crippen molar-refractivity contribution >= 4 is 17.9 Å². The van der Waals surface area contributed by atoms with Gasteiger partial charge in [0.1, 0.15) is 0 Å². The van der Waals surface area contributed by atoms with E-state index < -0.39 is 0 Å². The number of primary amides is 1. The molecule has 1 rings (SSSR count). The summed E-state index contributed by atoms with van der Waals surface area (Å²) in [7, 11) is 0. The minimum Gasteiger partial charge on any atom is -0.369 e. The Labute approximate surface area is 71.4 Å². The molecule has 1 heterocycles. The van der Waals surface area contributed by atoms with Gasteiger partial charge in [-0.25, -0.2) is 0 Å². The zero-order valence-electron chi connectivity index (χ0n) is 6.75. The summed E-state index contributed by atoms with van der Waals surface area (Å²) < 4.78 is 2.26. The first kappa shape index (κ1) is 8.87. The lowest BCUT2D eigenvalue weighted by Crippen LogP contribution is -2.35. The molecule has 64 valence electrons. The lowest BCUT2D eigenvalue weighted by Gasteiger charge is -2.28. The van der Waals surface area contributed by atoms with Crippen molar-refractivity contribution < 1.29 is 4.79 Å². The fourth-order valence-corrected chi connectivity index (χ4v) is 1.90. The maximum atomic E-state index is 10.7. The molecule has 0 atom stereocenters. The molecule has 0 aromatic heterocycles. The van der Waals surface area contributed by atoms with Gasteiger partial charge >= 0.3 is 0 Å². The van der Waals surface area contributed by atoms with Crippen LogP contribution in [0.25, 0.3) is 0 Å². The van der Waals surface area contributed by atoms with E-state index in [0.29, 0.717) is 0 Å². The van der Waals surface area contributed by atoms with Gasteiger partial charge in [0, 0.05) is 19.0 Å². The molecular weight excluding hydrogens is 160 g/mol. The molecule has 2 N–H and O–H groups in total. The summed E-state index contributed by atoms with van der Waals surface area (Å²) in [6.07, 6.45) is 3.91. The molecule has 1 aliphatic rings. The molecule has 0 aromatic rings. The van der Waals surface area contributed by atoms with Gasteiger partial charge in [-0.15, -0.1) is 0 Å². The lowest BCUT2D eigenvalue weighted by molar-refractivity contribution is -0.122. The van der Waals surface area contributed by atoms with Crippen LogP contribution in [-0.4, -0.2) is 29.6 Å². The average Bonchev–Trinajstić information content (AvgIpc) is 2.05. The van der Waals surface area contributed by atoms with Crippen LogP contribution in [0.2, 0.25) is 0 Å². The highest BCUT2D eigenvalue weighted by Gasteiger charge is 2.22. The molecular formula is C7H14N2OS. The topological polar surface area (TPSA) is 46.3 Å². The van der Waals surface area contributed by atoms with Crippen molar-refractivity contribution in [3.63, 3.8) is 0 Å². The van der Waals surface area contributed by atoms with Gasteiger partial charge in [-0.2, -0.15) is 0 Å². The van der Waals surface area contributed by atoms with E-state index in [1.165, 1.54) is 0 Å². The second-order valence-electron chi connectivity index (χ2n) is 2.79. The van der Waals surface area contributed by atoms with E-state index in [4.69, 9.17) is 5.73 Å². The Hall–Kier alpha value is -0.220. The second kappa shape index (κ2) is 3.97. The van der Waals surface area contributed by atoms with Gasteiger partial charge in [0.2, 0.25) is 5.91 Å². The van der Waals surface area contributed by atoms with Crippen molar-refractivity contribution in [2.24, 2.45) is 11.7 Å². The highest BCUT2D eigenvalue weighted by Crippen LogP contribution is 2.20. The number of amides is 1. The quantitative estimate of drug-likeness (QED) is 0.619. The molecule has 0 spiro atoms. The maximum absolute atomic E-state index is 10.7. The van der Waals surface area contributed by atoms with E-state index in [2.05, 4.69) is 10.6 Å². The predicted octanol–water partition coefficient (Wildman–Crippen LogP) is 0.462. The summed E-state index contributed by atoms with van der Waals surface area (Å²) >= 11 is 1.74. The van der Waals surface area contributed by atoms with Gasteiger partial charge in [-0.3, -0.25) is 9.10 Å². The molecule has 0 bridgehead atoms. The highest BCUT2D eigenvalue weighted by atomic mass is 32.2. The van der Waals surface area contributed by atoms with Gasteiger partial charge < -0.3 is 5.73 Å². The number of rotatable bonds is 2. The summed E-state index contributed by atoms with van der Waals surface area (Å²) in [6, 6.07) is 0. The third-order valence-electron chi connectivity index (χ3n) is 2.11. The normalized spacial score (nSPS) is 21.9. The monoisotopic (exact) mass is 174 g/mol. The molecule has 4 heteroatoms. The van der Waals surface area contributed by atoms with Crippen LogP contribution >= 0.6 is 11.9 Å². The first-order valence-corrected chi connectivity index (χ1v) is 5.00. The molecule has 1 saturated heterocycles. The van der Waals surface area contributed by atoms with Crippen molar-refractivity contribution in [2.75, 3.05) is 19.3 Å². The van der Waals surface area contributed by atoms with Crippen LogP contribution in [0, 0.1) is 5.92 Å². The Morgan fingerprint density at radius 1 is 1.55 bits per heavy atom. The highest BCUT2D eigenvalue weighted by molar-refractivity contribution is 7.96. The number of carbonyl (C=O) groups excluding carboxylic acids is 1. The summed E-state index contributed by atoms with van der Waals surface area (Å²) in [5, 5.41) is 0. The van der Waals surface area contributed by atoms with Crippen LogP contribution in [0.5, 0.6) is 0 Å². The Kier molecular flexibility index (Phi) is 3.20. The van der Waals surface area contributed by atoms with Crippen molar-refractivity contribution in [1.82, 2.24) is 4.31 Å². The summed E-state index contributed by atoms with van der Waals surface area (Å²) in [5.74, 6) is -0.0100. The SMILES string of the molecule is CSN1CCC(C(N)=O)CC1. The zero-order chi connectivity index (χ0) is 8.27. The van der Waals surface area contributed by atoms with Crippen LogP contribution in [0.1, 0.15) is 12.8 Å². The van der Waals surface area contributed by atoms with E-state index in [-0.39, 0.29) is 11.8 Å². The molecule has 0 aromatic carbocycles. The third-order valence-corrected chi connectivity index (χ3v) is 3.00. The van der Waals surface area contributed by atoms with Crippen molar-refractivity contribution in [2.45, 2.75) is 12.8 Å². The number of hydrogen-bond donors (Lipinski definition) is 1. The van der Waals surface area contributed by atoms with Gasteiger partial charge in [0.25, 0.3) is 0 Å². The fourth-order valence-electron chi connectivity index (χ4n) is 1.32. The Balaban J connectivity index is 2.30. The van der Waals surface area contributed by atoms with Gasteiger partial charge in [-0.05, 0) is 19.1 Å². The minimum absolute atomic E-state index is 0.124. The van der Waals surface area contributed by atoms with Crippen LogP contribution < -0.4 is 5.73 Å². The smallest absolute Gasteiger partial charge is 0.220 e. The van der Waals surface area contributed by atoms with Crippen LogP contribution in [0.15, 0.2) is 0 Å². The number of piperidine rings is 1. The molecule has 0 aliphatic carbocycles. The molecule has 1 aliphatic heterocycles. The fraction of sp³-hybridized carbons (Fsp3) is 0.857. The number of nitrogens with zero attached hydrogens (tertiary/aromatic N) is 1. The van der Waals surface area contributed by atoms with Crippen LogP contribution in [-0.2, 0) is 4.79 Å². The third kappa shape index (κ3) is 2.38. The summed E-state index contributed by atoms with van der Waals surface area (Å²) in [5.41, 5.74) is 5.19. The van der Waals surface area contributed by atoms with Crippen molar-refractivity contribution in [3.8, 4) is 0 Å². The second-order valence-corrected chi connectivity index (χ2v) is 3.67. The average molecular weight is 174 g/mol. The Morgan fingerprint density at radius 2 is 2.09 bits per heavy atom. The standard InChI is InChI=1S/C7H14N2OS/c1-11-9-4-2-6(3-5-9)7(8)10/h6H,2-5H2,1H3,(H2,8,10). The largest absolute Gasteiger partial charge is 0.369 e. The van der Waals surface area contributed by atoms with E-state index in [1.54, 1.807) is 11.9 Å². The van der Waals surface area contributed by atoms with Crippen molar-refractivity contribution in [3.05, 3.63) is 0 Å². The Morgan fingerprint density at radius 3 is 2.45 bits per heavy atom. The molecule has 0 saturated carbocycles. The van der Waals surface area contributed by atoms with Gasteiger partial charge in [0.15, 0.2) is 0 Å². The molecule has 0 unspecified atom stereocenters. The lowest BCUT2D eigenvalue weighted by atomic mass is 9.98. The zero-order valence-corrected chi connectivity index (χ0v) is 7.56. The minimum atomic E-state index is -0.134. The molecule has 11 heavy (non-hydrogen) atoms. The molecule has 3 nitrogen and oxygen atoms in total.